The van der Waals surface area contributed by atoms with Gasteiger partial charge in [-0.25, -0.2) is 0 Å². The summed E-state index contributed by atoms with van der Waals surface area (Å²) in [5.74, 6) is 1.86. The highest BCUT2D eigenvalue weighted by Crippen LogP contribution is 2.36. The summed E-state index contributed by atoms with van der Waals surface area (Å²) in [6, 6.07) is 14.3. The Labute approximate surface area is 185 Å². The molecular formula is C23H23BN4O4. The maximum atomic E-state index is 9.95. The van der Waals surface area contributed by atoms with E-state index in [4.69, 9.17) is 14.7 Å². The molecule has 2 aromatic carbocycles. The van der Waals surface area contributed by atoms with Crippen LogP contribution in [0.4, 0.5) is 11.5 Å². The van der Waals surface area contributed by atoms with Crippen LogP contribution in [0.2, 0.25) is 0 Å². The van der Waals surface area contributed by atoms with Crippen molar-refractivity contribution in [2.75, 3.05) is 18.6 Å². The Morgan fingerprint density at radius 1 is 1.09 bits per heavy atom. The van der Waals surface area contributed by atoms with E-state index in [9.17, 15) is 15.2 Å². The summed E-state index contributed by atoms with van der Waals surface area (Å²) >= 11 is 0. The fourth-order valence-electron chi connectivity index (χ4n) is 4.28. The fourth-order valence-corrected chi connectivity index (χ4v) is 4.28. The van der Waals surface area contributed by atoms with Crippen LogP contribution in [0, 0.1) is 6.92 Å². The van der Waals surface area contributed by atoms with E-state index in [1.807, 2.05) is 41.6 Å². The first kappa shape index (κ1) is 20.4. The molecule has 3 N–H and O–H groups in total. The molecule has 0 radical (unpaired) electrons. The van der Waals surface area contributed by atoms with Crippen molar-refractivity contribution in [3.05, 3.63) is 59.8 Å². The van der Waals surface area contributed by atoms with Gasteiger partial charge in [0.05, 0.1) is 17.7 Å². The monoisotopic (exact) mass is 430 g/mol. The lowest BCUT2D eigenvalue weighted by atomic mass is 9.78. The van der Waals surface area contributed by atoms with Gasteiger partial charge in [-0.1, -0.05) is 18.2 Å². The van der Waals surface area contributed by atoms with E-state index in [1.54, 1.807) is 30.3 Å². The van der Waals surface area contributed by atoms with Crippen LogP contribution in [-0.4, -0.2) is 50.5 Å². The number of phenolic OH excluding ortho intramolecular Hbond substituents is 1. The van der Waals surface area contributed by atoms with Crippen LogP contribution in [0.25, 0.3) is 16.9 Å². The molecule has 0 saturated heterocycles. The van der Waals surface area contributed by atoms with Gasteiger partial charge in [0.15, 0.2) is 0 Å². The van der Waals surface area contributed by atoms with E-state index < -0.39 is 7.12 Å². The van der Waals surface area contributed by atoms with Gasteiger partial charge in [-0.15, -0.1) is 0 Å². The molecule has 1 aliphatic heterocycles. The van der Waals surface area contributed by atoms with Crippen molar-refractivity contribution in [2.45, 2.75) is 19.8 Å². The third-order valence-corrected chi connectivity index (χ3v) is 5.82. The van der Waals surface area contributed by atoms with E-state index in [1.165, 1.54) is 0 Å². The average Bonchev–Trinajstić information content (AvgIpc) is 3.13. The van der Waals surface area contributed by atoms with E-state index in [0.29, 0.717) is 29.7 Å². The lowest BCUT2D eigenvalue weighted by molar-refractivity contribution is 0.275. The maximum Gasteiger partial charge on any atom is 0.489 e. The minimum atomic E-state index is -1.57. The lowest BCUT2D eigenvalue weighted by Crippen LogP contribution is -2.30. The molecule has 0 aliphatic carbocycles. The number of aromatic nitrogens is 3. The second-order valence-corrected chi connectivity index (χ2v) is 7.94. The Hall–Kier alpha value is -3.56. The Morgan fingerprint density at radius 2 is 1.91 bits per heavy atom. The molecule has 0 spiro atoms. The van der Waals surface area contributed by atoms with Gasteiger partial charge in [0.2, 0.25) is 11.8 Å². The van der Waals surface area contributed by atoms with Crippen molar-refractivity contribution >= 4 is 35.0 Å². The molecule has 0 amide bonds. The van der Waals surface area contributed by atoms with E-state index in [-0.39, 0.29) is 5.75 Å². The van der Waals surface area contributed by atoms with E-state index >= 15 is 0 Å². The highest BCUT2D eigenvalue weighted by Gasteiger charge is 2.25. The Balaban J connectivity index is 1.72. The molecule has 2 aromatic heterocycles. The zero-order valence-corrected chi connectivity index (χ0v) is 17.9. The zero-order chi connectivity index (χ0) is 22.4. The predicted octanol–water partition coefficient (Wildman–Crippen LogP) is 2.21. The first-order chi connectivity index (χ1) is 15.4. The van der Waals surface area contributed by atoms with Crippen LogP contribution >= 0.6 is 0 Å². The summed E-state index contributed by atoms with van der Waals surface area (Å²) in [6.07, 6.45) is 1.67. The second kappa shape index (κ2) is 7.85. The molecule has 0 unspecified atom stereocenters. The fraction of sp³-hybridized carbons (Fsp3) is 0.217. The standard InChI is InChI=1S/C23H23BN4O4/c1-14-12-18-19(24(30)31)9-4-10-20(18)28(14)23-25-21(17-8-5-11-32-22(17)26-23)27(2)15-6-3-7-16(29)13-15/h3-4,6-7,9-10,12-13,29-31H,5,8,11H2,1-2H3. The van der Waals surface area contributed by atoms with Crippen LogP contribution in [0.15, 0.2) is 48.5 Å². The molecule has 4 aromatic rings. The molecule has 0 fully saturated rings. The van der Waals surface area contributed by atoms with Crippen LogP contribution in [0.3, 0.4) is 0 Å². The molecule has 32 heavy (non-hydrogen) atoms. The number of anilines is 2. The summed E-state index contributed by atoms with van der Waals surface area (Å²) in [5.41, 5.74) is 3.77. The summed E-state index contributed by atoms with van der Waals surface area (Å²) in [6.45, 7) is 2.51. The van der Waals surface area contributed by atoms with Gasteiger partial charge < -0.3 is 24.8 Å². The van der Waals surface area contributed by atoms with Crippen molar-refractivity contribution in [3.8, 4) is 17.6 Å². The molecule has 0 bridgehead atoms. The third-order valence-electron chi connectivity index (χ3n) is 5.82. The molecule has 0 saturated carbocycles. The SMILES string of the molecule is Cc1cc2c(B(O)O)cccc2n1-c1nc2c(c(N(C)c3cccc(O)c3)n1)CCCO2. The largest absolute Gasteiger partial charge is 0.508 e. The van der Waals surface area contributed by atoms with Crippen LogP contribution < -0.4 is 15.1 Å². The first-order valence-corrected chi connectivity index (χ1v) is 10.5. The smallest absolute Gasteiger partial charge is 0.489 e. The number of ether oxygens (including phenoxy) is 1. The van der Waals surface area contributed by atoms with Crippen molar-refractivity contribution in [1.82, 2.24) is 14.5 Å². The lowest BCUT2D eigenvalue weighted by Gasteiger charge is -2.26. The van der Waals surface area contributed by atoms with Gasteiger partial charge in [0, 0.05) is 29.9 Å². The van der Waals surface area contributed by atoms with Gasteiger partial charge in [0.1, 0.15) is 11.6 Å². The number of nitrogens with zero attached hydrogens (tertiary/aromatic N) is 4. The number of phenols is 1. The number of aryl methyl sites for hydroxylation is 1. The number of rotatable bonds is 4. The molecule has 1 aliphatic rings. The molecular weight excluding hydrogens is 407 g/mol. The van der Waals surface area contributed by atoms with Crippen LogP contribution in [0.1, 0.15) is 17.7 Å². The maximum absolute atomic E-state index is 9.95. The van der Waals surface area contributed by atoms with Gasteiger partial charge in [-0.05, 0) is 49.5 Å². The normalized spacial score (nSPS) is 13.0. The first-order valence-electron chi connectivity index (χ1n) is 10.5. The molecule has 0 atom stereocenters. The van der Waals surface area contributed by atoms with Gasteiger partial charge in [-0.2, -0.15) is 9.97 Å². The molecule has 8 nitrogen and oxygen atoms in total. The van der Waals surface area contributed by atoms with Gasteiger partial charge in [0.25, 0.3) is 0 Å². The Kier molecular flexibility index (Phi) is 4.99. The molecule has 162 valence electrons. The quantitative estimate of drug-likeness (QED) is 0.427. The molecule has 3 heterocycles. The minimum Gasteiger partial charge on any atom is -0.508 e. The molecule has 5 rings (SSSR count). The number of benzene rings is 2. The minimum absolute atomic E-state index is 0.177. The Morgan fingerprint density at radius 3 is 2.69 bits per heavy atom. The highest BCUT2D eigenvalue weighted by molar-refractivity contribution is 6.61. The summed E-state index contributed by atoms with van der Waals surface area (Å²) in [5, 5.41) is 30.2. The summed E-state index contributed by atoms with van der Waals surface area (Å²) < 4.78 is 7.79. The van der Waals surface area contributed by atoms with Crippen molar-refractivity contribution < 1.29 is 19.9 Å². The molecule has 9 heteroatoms. The van der Waals surface area contributed by atoms with Crippen molar-refractivity contribution in [3.63, 3.8) is 0 Å². The topological polar surface area (TPSA) is 104 Å². The second-order valence-electron chi connectivity index (χ2n) is 7.94. The van der Waals surface area contributed by atoms with E-state index in [2.05, 4.69) is 0 Å². The summed E-state index contributed by atoms with van der Waals surface area (Å²) in [7, 11) is 0.325. The third kappa shape index (κ3) is 3.35. The number of fused-ring (bicyclic) bond motifs is 2. The zero-order valence-electron chi connectivity index (χ0n) is 17.9. The van der Waals surface area contributed by atoms with Crippen LogP contribution in [0.5, 0.6) is 11.6 Å². The van der Waals surface area contributed by atoms with Crippen molar-refractivity contribution in [2.24, 2.45) is 0 Å². The summed E-state index contributed by atoms with van der Waals surface area (Å²) in [4.78, 5) is 11.6. The van der Waals surface area contributed by atoms with E-state index in [0.717, 1.165) is 40.7 Å². The van der Waals surface area contributed by atoms with Crippen LogP contribution in [-0.2, 0) is 6.42 Å². The van der Waals surface area contributed by atoms with Gasteiger partial charge in [-0.3, -0.25) is 4.57 Å². The number of hydrogen-bond acceptors (Lipinski definition) is 7. The van der Waals surface area contributed by atoms with Gasteiger partial charge >= 0.3 is 7.12 Å². The number of aromatic hydroxyl groups is 1. The predicted molar refractivity (Wildman–Crippen MR) is 123 cm³/mol. The highest BCUT2D eigenvalue weighted by atomic mass is 16.5. The number of hydrogen-bond donors (Lipinski definition) is 3. The average molecular weight is 430 g/mol. The Bertz CT molecular complexity index is 1320. The van der Waals surface area contributed by atoms with Crippen molar-refractivity contribution in [1.29, 1.82) is 0 Å².